The van der Waals surface area contributed by atoms with E-state index < -0.39 is 10.0 Å². The highest BCUT2D eigenvalue weighted by Gasteiger charge is 2.35. The summed E-state index contributed by atoms with van der Waals surface area (Å²) in [5.41, 5.74) is 6.50. The maximum Gasteiger partial charge on any atom is 0.246 e. The van der Waals surface area contributed by atoms with Crippen molar-refractivity contribution in [2.45, 2.75) is 31.2 Å². The van der Waals surface area contributed by atoms with Crippen molar-refractivity contribution in [3.05, 3.63) is 11.9 Å². The normalized spacial score (nSPS) is 23.4. The van der Waals surface area contributed by atoms with E-state index in [0.717, 1.165) is 6.42 Å². The molecule has 0 bridgehead atoms. The first kappa shape index (κ1) is 13.5. The van der Waals surface area contributed by atoms with E-state index in [4.69, 9.17) is 5.73 Å². The average molecular weight is 272 g/mol. The molecule has 1 aliphatic heterocycles. The first-order chi connectivity index (χ1) is 8.34. The van der Waals surface area contributed by atoms with Gasteiger partial charge in [0, 0.05) is 26.2 Å². The minimum absolute atomic E-state index is 0.0280. The number of aryl methyl sites for hydroxylation is 1. The zero-order valence-electron chi connectivity index (χ0n) is 11.0. The van der Waals surface area contributed by atoms with Crippen molar-refractivity contribution in [2.24, 2.45) is 18.7 Å². The van der Waals surface area contributed by atoms with Crippen LogP contribution in [0.5, 0.6) is 0 Å². The molecule has 2 rings (SSSR count). The van der Waals surface area contributed by atoms with Gasteiger partial charge in [0.1, 0.15) is 4.90 Å². The van der Waals surface area contributed by atoms with Crippen LogP contribution in [0.25, 0.3) is 0 Å². The standard InChI is InChI=1S/C11H20N4O2S/c1-8(12)10-4-5-15(7-10)18(16,17)11-6-13-14(3)9(11)2/h6,8,10H,4-5,7,12H2,1-3H3. The van der Waals surface area contributed by atoms with E-state index >= 15 is 0 Å². The summed E-state index contributed by atoms with van der Waals surface area (Å²) >= 11 is 0. The molecule has 7 heteroatoms. The van der Waals surface area contributed by atoms with Crippen molar-refractivity contribution in [3.8, 4) is 0 Å². The van der Waals surface area contributed by atoms with Crippen LogP contribution in [0.15, 0.2) is 11.1 Å². The molecule has 1 aromatic heterocycles. The highest BCUT2D eigenvalue weighted by molar-refractivity contribution is 7.89. The predicted molar refractivity (Wildman–Crippen MR) is 68.5 cm³/mol. The zero-order chi connectivity index (χ0) is 13.5. The fourth-order valence-corrected chi connectivity index (χ4v) is 3.97. The first-order valence-corrected chi connectivity index (χ1v) is 7.52. The van der Waals surface area contributed by atoms with Gasteiger partial charge >= 0.3 is 0 Å². The SMILES string of the molecule is Cc1c(S(=O)(=O)N2CCC(C(C)N)C2)cnn1C. The van der Waals surface area contributed by atoms with Crippen molar-refractivity contribution in [1.29, 1.82) is 0 Å². The van der Waals surface area contributed by atoms with Gasteiger partial charge in [-0.1, -0.05) is 0 Å². The predicted octanol–water partition coefficient (Wildman–Crippen LogP) is 0.0863. The molecular weight excluding hydrogens is 252 g/mol. The Labute approximate surface area is 108 Å². The summed E-state index contributed by atoms with van der Waals surface area (Å²) in [6.07, 6.45) is 2.25. The molecule has 1 fully saturated rings. The molecule has 1 aliphatic rings. The molecule has 0 spiro atoms. The number of nitrogens with zero attached hydrogens (tertiary/aromatic N) is 3. The lowest BCUT2D eigenvalue weighted by atomic mass is 10.0. The average Bonchev–Trinajstić information content (AvgIpc) is 2.88. The Hall–Kier alpha value is -0.920. The number of nitrogens with two attached hydrogens (primary N) is 1. The van der Waals surface area contributed by atoms with Crippen LogP contribution < -0.4 is 5.73 Å². The van der Waals surface area contributed by atoms with Gasteiger partial charge in [-0.3, -0.25) is 4.68 Å². The van der Waals surface area contributed by atoms with E-state index in [1.807, 2.05) is 6.92 Å². The molecule has 2 N–H and O–H groups in total. The van der Waals surface area contributed by atoms with Gasteiger partial charge in [-0.2, -0.15) is 9.40 Å². The third-order valence-corrected chi connectivity index (χ3v) is 5.71. The molecule has 0 amide bonds. The molecule has 2 heterocycles. The number of hydrogen-bond acceptors (Lipinski definition) is 4. The Morgan fingerprint density at radius 1 is 1.56 bits per heavy atom. The van der Waals surface area contributed by atoms with Crippen molar-refractivity contribution in [3.63, 3.8) is 0 Å². The maximum atomic E-state index is 12.5. The van der Waals surface area contributed by atoms with E-state index in [0.29, 0.717) is 23.7 Å². The number of rotatable bonds is 3. The Bertz CT molecular complexity index is 535. The van der Waals surface area contributed by atoms with E-state index in [9.17, 15) is 8.42 Å². The number of aromatic nitrogens is 2. The lowest BCUT2D eigenvalue weighted by Crippen LogP contribution is -2.33. The maximum absolute atomic E-state index is 12.5. The van der Waals surface area contributed by atoms with Gasteiger partial charge in [-0.05, 0) is 26.2 Å². The van der Waals surface area contributed by atoms with Gasteiger partial charge in [0.15, 0.2) is 0 Å². The monoisotopic (exact) mass is 272 g/mol. The van der Waals surface area contributed by atoms with Crippen molar-refractivity contribution in [1.82, 2.24) is 14.1 Å². The zero-order valence-corrected chi connectivity index (χ0v) is 11.8. The minimum Gasteiger partial charge on any atom is -0.328 e. The summed E-state index contributed by atoms with van der Waals surface area (Å²) in [5, 5.41) is 3.99. The number of hydrogen-bond donors (Lipinski definition) is 1. The Morgan fingerprint density at radius 3 is 2.67 bits per heavy atom. The van der Waals surface area contributed by atoms with E-state index in [1.165, 1.54) is 10.5 Å². The fourth-order valence-electron chi connectivity index (χ4n) is 2.27. The molecule has 1 aromatic rings. The van der Waals surface area contributed by atoms with Crippen LogP contribution in [0, 0.1) is 12.8 Å². The van der Waals surface area contributed by atoms with Crippen LogP contribution in [-0.4, -0.2) is 41.6 Å². The molecule has 0 saturated carbocycles. The van der Waals surface area contributed by atoms with Crippen LogP contribution in [0.3, 0.4) is 0 Å². The molecule has 0 aliphatic carbocycles. The van der Waals surface area contributed by atoms with Crippen molar-refractivity contribution >= 4 is 10.0 Å². The second-order valence-corrected chi connectivity index (χ2v) is 6.90. The Kier molecular flexibility index (Phi) is 3.48. The molecule has 0 aromatic carbocycles. The van der Waals surface area contributed by atoms with E-state index in [1.54, 1.807) is 18.7 Å². The molecule has 102 valence electrons. The minimum atomic E-state index is -3.42. The fraction of sp³-hybridized carbons (Fsp3) is 0.727. The highest BCUT2D eigenvalue weighted by Crippen LogP contribution is 2.26. The van der Waals surface area contributed by atoms with Crippen LogP contribution >= 0.6 is 0 Å². The second kappa shape index (κ2) is 4.64. The van der Waals surface area contributed by atoms with Crippen LogP contribution in [0.2, 0.25) is 0 Å². The van der Waals surface area contributed by atoms with Gasteiger partial charge in [-0.25, -0.2) is 8.42 Å². The van der Waals surface area contributed by atoms with E-state index in [-0.39, 0.29) is 12.0 Å². The highest BCUT2D eigenvalue weighted by atomic mass is 32.2. The quantitative estimate of drug-likeness (QED) is 0.845. The third-order valence-electron chi connectivity index (χ3n) is 3.74. The van der Waals surface area contributed by atoms with Gasteiger partial charge in [0.25, 0.3) is 0 Å². The van der Waals surface area contributed by atoms with Gasteiger partial charge in [0.2, 0.25) is 10.0 Å². The molecule has 1 saturated heterocycles. The molecule has 18 heavy (non-hydrogen) atoms. The third kappa shape index (κ3) is 2.17. The Morgan fingerprint density at radius 2 is 2.22 bits per heavy atom. The number of sulfonamides is 1. The first-order valence-electron chi connectivity index (χ1n) is 6.08. The molecule has 2 atom stereocenters. The second-order valence-electron chi connectivity index (χ2n) is 4.99. The lowest BCUT2D eigenvalue weighted by molar-refractivity contribution is 0.428. The molecule has 0 radical (unpaired) electrons. The topological polar surface area (TPSA) is 81.2 Å². The summed E-state index contributed by atoms with van der Waals surface area (Å²) in [6, 6.07) is 0.0280. The Balaban J connectivity index is 2.26. The summed E-state index contributed by atoms with van der Waals surface area (Å²) < 4.78 is 28.0. The van der Waals surface area contributed by atoms with Gasteiger partial charge < -0.3 is 5.73 Å². The van der Waals surface area contributed by atoms with Crippen LogP contribution in [-0.2, 0) is 17.1 Å². The molecular formula is C11H20N4O2S. The molecule has 2 unspecified atom stereocenters. The summed E-state index contributed by atoms with van der Waals surface area (Å²) in [4.78, 5) is 0.301. The largest absolute Gasteiger partial charge is 0.328 e. The molecule has 6 nitrogen and oxygen atoms in total. The summed E-state index contributed by atoms with van der Waals surface area (Å²) in [7, 11) is -1.68. The summed E-state index contributed by atoms with van der Waals surface area (Å²) in [5.74, 6) is 0.247. The lowest BCUT2D eigenvalue weighted by Gasteiger charge is -2.17. The smallest absolute Gasteiger partial charge is 0.246 e. The van der Waals surface area contributed by atoms with E-state index in [2.05, 4.69) is 5.10 Å². The van der Waals surface area contributed by atoms with Crippen LogP contribution in [0.1, 0.15) is 19.0 Å². The van der Waals surface area contributed by atoms with Gasteiger partial charge in [-0.15, -0.1) is 0 Å². The summed E-state index contributed by atoms with van der Waals surface area (Å²) in [6.45, 7) is 4.74. The van der Waals surface area contributed by atoms with Crippen molar-refractivity contribution in [2.75, 3.05) is 13.1 Å². The van der Waals surface area contributed by atoms with Crippen LogP contribution in [0.4, 0.5) is 0 Å². The van der Waals surface area contributed by atoms with Gasteiger partial charge in [0.05, 0.1) is 11.9 Å². The van der Waals surface area contributed by atoms with Crippen molar-refractivity contribution < 1.29 is 8.42 Å².